The molecule has 1 aromatic rings. The molecule has 2 rings (SSSR count). The fourth-order valence-corrected chi connectivity index (χ4v) is 3.59. The van der Waals surface area contributed by atoms with Crippen LogP contribution in [0.1, 0.15) is 6.42 Å². The molecule has 22 heavy (non-hydrogen) atoms. The molecular weight excluding hydrogens is 347 g/mol. The molecule has 0 N–H and O–H groups in total. The maximum atomic E-state index is 12.1. The van der Waals surface area contributed by atoms with Gasteiger partial charge in [0.05, 0.1) is 31.2 Å². The molecule has 2 heterocycles. The highest BCUT2D eigenvalue weighted by Gasteiger charge is 2.38. The lowest BCUT2D eigenvalue weighted by atomic mass is 10.1. The Balaban J connectivity index is 1.75. The number of hydrogen-bond acceptors (Lipinski definition) is 5. The van der Waals surface area contributed by atoms with Gasteiger partial charge >= 0.3 is 6.18 Å². The van der Waals surface area contributed by atoms with Gasteiger partial charge in [0.15, 0.2) is 5.15 Å². The molecule has 1 aliphatic heterocycles. The quantitative estimate of drug-likeness (QED) is 0.773. The van der Waals surface area contributed by atoms with Gasteiger partial charge in [-0.3, -0.25) is 4.98 Å². The minimum absolute atomic E-state index is 0.0959. The van der Waals surface area contributed by atoms with Crippen molar-refractivity contribution in [1.29, 1.82) is 0 Å². The fraction of sp³-hybridized carbons (Fsp3) is 0.636. The first-order valence-corrected chi connectivity index (χ1v) is 8.29. The largest absolute Gasteiger partial charge is 0.476 e. The molecule has 1 saturated heterocycles. The molecule has 11 heteroatoms. The van der Waals surface area contributed by atoms with Crippen LogP contribution in [0.5, 0.6) is 5.88 Å². The average Bonchev–Trinajstić information content (AvgIpc) is 2.34. The van der Waals surface area contributed by atoms with Crippen LogP contribution in [0.15, 0.2) is 12.4 Å². The summed E-state index contributed by atoms with van der Waals surface area (Å²) in [6, 6.07) is 0. The van der Waals surface area contributed by atoms with Gasteiger partial charge in [-0.05, 0) is 0 Å². The first-order valence-electron chi connectivity index (χ1n) is 6.31. The first-order chi connectivity index (χ1) is 10.2. The van der Waals surface area contributed by atoms with Gasteiger partial charge < -0.3 is 4.74 Å². The Kier molecular flexibility index (Phi) is 5.13. The maximum absolute atomic E-state index is 12.1. The van der Waals surface area contributed by atoms with Crippen molar-refractivity contribution in [2.24, 2.45) is 5.92 Å². The Morgan fingerprint density at radius 3 is 2.64 bits per heavy atom. The van der Waals surface area contributed by atoms with Crippen molar-refractivity contribution in [2.75, 3.05) is 25.4 Å². The van der Waals surface area contributed by atoms with Gasteiger partial charge in [-0.25, -0.2) is 12.7 Å². The third kappa shape index (κ3) is 4.96. The molecule has 1 fully saturated rings. The zero-order valence-corrected chi connectivity index (χ0v) is 12.8. The van der Waals surface area contributed by atoms with Crippen molar-refractivity contribution in [2.45, 2.75) is 12.6 Å². The second-order valence-electron chi connectivity index (χ2n) is 4.86. The summed E-state index contributed by atoms with van der Waals surface area (Å²) in [6.07, 6.45) is -3.12. The fourth-order valence-electron chi connectivity index (χ4n) is 1.83. The van der Waals surface area contributed by atoms with Gasteiger partial charge in [-0.2, -0.15) is 18.2 Å². The van der Waals surface area contributed by atoms with E-state index in [1.807, 2.05) is 0 Å². The molecule has 0 spiro atoms. The number of nitrogens with zero attached hydrogens (tertiary/aromatic N) is 3. The molecule has 0 saturated carbocycles. The standard InChI is InChI=1S/C11H13ClF3N3O3S/c12-9-3-16-4-10(17-9)21-7-8-5-18(6-8)22(19,20)2-1-11(13,14)15/h3-4,8H,1-2,5-7H2. The van der Waals surface area contributed by atoms with Crippen LogP contribution in [0, 0.1) is 5.92 Å². The summed E-state index contributed by atoms with van der Waals surface area (Å²) < 4.78 is 65.9. The van der Waals surface area contributed by atoms with Gasteiger partial charge in [-0.1, -0.05) is 11.6 Å². The molecule has 0 unspecified atom stereocenters. The van der Waals surface area contributed by atoms with Crippen LogP contribution in [-0.2, 0) is 10.0 Å². The molecule has 124 valence electrons. The smallest absolute Gasteiger partial charge is 0.390 e. The number of hydrogen-bond donors (Lipinski definition) is 0. The van der Waals surface area contributed by atoms with E-state index in [1.165, 1.54) is 12.4 Å². The number of ether oxygens (including phenoxy) is 1. The van der Waals surface area contributed by atoms with E-state index in [2.05, 4.69) is 9.97 Å². The molecule has 0 aliphatic carbocycles. The summed E-state index contributed by atoms with van der Waals surface area (Å²) >= 11 is 5.63. The van der Waals surface area contributed by atoms with Gasteiger partial charge in [0.25, 0.3) is 0 Å². The monoisotopic (exact) mass is 359 g/mol. The van der Waals surface area contributed by atoms with Crippen LogP contribution in [0.4, 0.5) is 13.2 Å². The van der Waals surface area contributed by atoms with E-state index in [4.69, 9.17) is 16.3 Å². The molecule has 0 aromatic carbocycles. The number of alkyl halides is 3. The Labute approximate surface area is 130 Å². The molecule has 0 bridgehead atoms. The summed E-state index contributed by atoms with van der Waals surface area (Å²) in [6.45, 7) is 0.461. The van der Waals surface area contributed by atoms with Gasteiger partial charge in [-0.15, -0.1) is 0 Å². The lowest BCUT2D eigenvalue weighted by Crippen LogP contribution is -2.52. The molecule has 0 atom stereocenters. The van der Waals surface area contributed by atoms with Crippen LogP contribution in [-0.4, -0.2) is 54.3 Å². The Morgan fingerprint density at radius 1 is 1.36 bits per heavy atom. The van der Waals surface area contributed by atoms with E-state index < -0.39 is 28.4 Å². The van der Waals surface area contributed by atoms with E-state index in [9.17, 15) is 21.6 Å². The number of aromatic nitrogens is 2. The van der Waals surface area contributed by atoms with E-state index >= 15 is 0 Å². The third-order valence-corrected chi connectivity index (χ3v) is 5.00. The van der Waals surface area contributed by atoms with Crippen LogP contribution in [0.25, 0.3) is 0 Å². The van der Waals surface area contributed by atoms with Crippen molar-refractivity contribution < 1.29 is 26.3 Å². The van der Waals surface area contributed by atoms with Gasteiger partial charge in [0, 0.05) is 19.0 Å². The van der Waals surface area contributed by atoms with Crippen molar-refractivity contribution in [3.05, 3.63) is 17.5 Å². The second kappa shape index (κ2) is 6.55. The Hall–Kier alpha value is -1.13. The summed E-state index contributed by atoms with van der Waals surface area (Å²) in [5.41, 5.74) is 0. The summed E-state index contributed by atoms with van der Waals surface area (Å²) in [5, 5.41) is 0.169. The average molecular weight is 360 g/mol. The second-order valence-corrected chi connectivity index (χ2v) is 7.33. The molecular formula is C11H13ClF3N3O3S. The maximum Gasteiger partial charge on any atom is 0.390 e. The molecule has 1 aromatic heterocycles. The normalized spacial score (nSPS) is 17.3. The molecule has 1 aliphatic rings. The lowest BCUT2D eigenvalue weighted by Gasteiger charge is -2.37. The summed E-state index contributed by atoms with van der Waals surface area (Å²) in [4.78, 5) is 7.63. The van der Waals surface area contributed by atoms with E-state index in [-0.39, 0.29) is 36.6 Å². The van der Waals surface area contributed by atoms with Gasteiger partial charge in [0.1, 0.15) is 0 Å². The van der Waals surface area contributed by atoms with E-state index in [1.54, 1.807) is 0 Å². The summed E-state index contributed by atoms with van der Waals surface area (Å²) in [7, 11) is -3.87. The topological polar surface area (TPSA) is 72.4 Å². The molecule has 6 nitrogen and oxygen atoms in total. The zero-order valence-electron chi connectivity index (χ0n) is 11.3. The van der Waals surface area contributed by atoms with Crippen LogP contribution in [0.3, 0.4) is 0 Å². The van der Waals surface area contributed by atoms with E-state index in [0.717, 1.165) is 4.31 Å². The van der Waals surface area contributed by atoms with Crippen LogP contribution >= 0.6 is 11.6 Å². The Morgan fingerprint density at radius 2 is 2.05 bits per heavy atom. The SMILES string of the molecule is O=S(=O)(CCC(F)(F)F)N1CC(COc2cncc(Cl)n2)C1. The number of sulfonamides is 1. The highest BCUT2D eigenvalue weighted by Crippen LogP contribution is 2.25. The van der Waals surface area contributed by atoms with Crippen LogP contribution < -0.4 is 4.74 Å². The minimum atomic E-state index is -4.48. The Bertz CT molecular complexity index is 620. The molecule has 0 radical (unpaired) electrons. The predicted octanol–water partition coefficient (Wildman–Crippen LogP) is 1.72. The molecule has 0 amide bonds. The van der Waals surface area contributed by atoms with Crippen molar-refractivity contribution in [3.8, 4) is 5.88 Å². The zero-order chi connectivity index (χ0) is 16.4. The van der Waals surface area contributed by atoms with Gasteiger partial charge in [0.2, 0.25) is 15.9 Å². The van der Waals surface area contributed by atoms with Crippen molar-refractivity contribution in [3.63, 3.8) is 0 Å². The van der Waals surface area contributed by atoms with Crippen molar-refractivity contribution in [1.82, 2.24) is 14.3 Å². The number of rotatable bonds is 6. The highest BCUT2D eigenvalue weighted by molar-refractivity contribution is 7.89. The third-order valence-electron chi connectivity index (χ3n) is 3.01. The predicted molar refractivity (Wildman–Crippen MR) is 72.1 cm³/mol. The number of halogens is 4. The lowest BCUT2D eigenvalue weighted by molar-refractivity contribution is -0.130. The summed E-state index contributed by atoms with van der Waals surface area (Å²) in [5.74, 6) is -0.809. The minimum Gasteiger partial charge on any atom is -0.476 e. The highest BCUT2D eigenvalue weighted by atomic mass is 35.5. The van der Waals surface area contributed by atoms with Crippen LogP contribution in [0.2, 0.25) is 5.15 Å². The van der Waals surface area contributed by atoms with Crippen molar-refractivity contribution >= 4 is 21.6 Å². The van der Waals surface area contributed by atoms with E-state index in [0.29, 0.717) is 0 Å². The first kappa shape index (κ1) is 17.2.